The van der Waals surface area contributed by atoms with Gasteiger partial charge in [-0.25, -0.2) is 0 Å². The zero-order valence-electron chi connectivity index (χ0n) is 22.1. The van der Waals surface area contributed by atoms with Gasteiger partial charge in [-0.2, -0.15) is 0 Å². The smallest absolute Gasteiger partial charge is 0.306 e. The van der Waals surface area contributed by atoms with Crippen LogP contribution in [0.25, 0.3) is 0 Å². The molecule has 0 radical (unpaired) electrons. The van der Waals surface area contributed by atoms with E-state index in [9.17, 15) is 4.79 Å². The molecule has 0 aliphatic carbocycles. The van der Waals surface area contributed by atoms with E-state index in [0.29, 0.717) is 12.8 Å². The topological polar surface area (TPSA) is 51.2 Å². The van der Waals surface area contributed by atoms with Crippen LogP contribution in [0, 0.1) is 0 Å². The van der Waals surface area contributed by atoms with E-state index in [4.69, 9.17) is 4.74 Å². The van der Waals surface area contributed by atoms with Crippen molar-refractivity contribution in [1.82, 2.24) is 4.98 Å². The van der Waals surface area contributed by atoms with Crippen molar-refractivity contribution >= 4 is 11.7 Å². The quantitative estimate of drug-likeness (QED) is 0.143. The van der Waals surface area contributed by atoms with Gasteiger partial charge in [-0.3, -0.25) is 9.78 Å². The summed E-state index contributed by atoms with van der Waals surface area (Å²) in [6.45, 7) is 3.55. The highest BCUT2D eigenvalue weighted by molar-refractivity contribution is 5.69. The van der Waals surface area contributed by atoms with Gasteiger partial charge >= 0.3 is 5.97 Å². The van der Waals surface area contributed by atoms with E-state index >= 15 is 0 Å². The molecule has 0 spiro atoms. The summed E-state index contributed by atoms with van der Waals surface area (Å²) < 4.78 is 5.30. The highest BCUT2D eigenvalue weighted by Gasteiger charge is 2.05. The molecule has 1 aromatic heterocycles. The Labute approximate surface area is 214 Å². The molecular weight excluding hydrogens is 432 g/mol. The lowest BCUT2D eigenvalue weighted by Gasteiger charge is -2.08. The average Bonchev–Trinajstić information content (AvgIpc) is 2.89. The molecule has 0 aliphatic rings. The largest absolute Gasteiger partial charge is 0.459 e. The van der Waals surface area contributed by atoms with E-state index in [1.165, 1.54) is 89.9 Å². The van der Waals surface area contributed by atoms with Crippen LogP contribution < -0.4 is 5.32 Å². The number of ether oxygens (including phenoxy) is 1. The molecular formula is C31H48N2O2. The molecule has 0 aliphatic heterocycles. The third-order valence-electron chi connectivity index (χ3n) is 6.54. The standard InChI is InChI=1S/C31H48N2O2/c1-2-3-4-5-6-7-8-9-10-11-12-13-14-16-25-32-29-22-19-28(20-23-29)21-24-31(34)35-27-30-18-15-17-26-33-30/h15,17-20,22-23,26,32H,2-14,16,21,24-25,27H2,1H3. The van der Waals surface area contributed by atoms with Crippen molar-refractivity contribution < 1.29 is 9.53 Å². The van der Waals surface area contributed by atoms with E-state index in [1.807, 2.05) is 18.2 Å². The van der Waals surface area contributed by atoms with Crippen molar-refractivity contribution in [3.63, 3.8) is 0 Å². The monoisotopic (exact) mass is 480 g/mol. The molecule has 0 atom stereocenters. The number of nitrogens with zero attached hydrogens (tertiary/aromatic N) is 1. The fraction of sp³-hybridized carbons (Fsp3) is 0.613. The van der Waals surface area contributed by atoms with Gasteiger partial charge in [-0.1, -0.05) is 109 Å². The number of pyridine rings is 1. The summed E-state index contributed by atoms with van der Waals surface area (Å²) in [4.78, 5) is 16.1. The molecule has 1 heterocycles. The van der Waals surface area contributed by atoms with Crippen LogP contribution in [-0.4, -0.2) is 17.5 Å². The molecule has 2 rings (SSSR count). The second-order valence-corrected chi connectivity index (χ2v) is 9.70. The fourth-order valence-electron chi connectivity index (χ4n) is 4.30. The lowest BCUT2D eigenvalue weighted by Crippen LogP contribution is -2.06. The maximum Gasteiger partial charge on any atom is 0.306 e. The number of rotatable bonds is 21. The van der Waals surface area contributed by atoms with E-state index < -0.39 is 0 Å². The van der Waals surface area contributed by atoms with Gasteiger partial charge in [0.15, 0.2) is 0 Å². The summed E-state index contributed by atoms with van der Waals surface area (Å²) in [5.74, 6) is -0.185. The maximum absolute atomic E-state index is 12.0. The number of nitrogens with one attached hydrogen (secondary N) is 1. The van der Waals surface area contributed by atoms with E-state index in [-0.39, 0.29) is 12.6 Å². The van der Waals surface area contributed by atoms with Crippen molar-refractivity contribution in [3.8, 4) is 0 Å². The number of benzene rings is 1. The van der Waals surface area contributed by atoms with Gasteiger partial charge in [0.25, 0.3) is 0 Å². The normalized spacial score (nSPS) is 10.9. The second-order valence-electron chi connectivity index (χ2n) is 9.70. The van der Waals surface area contributed by atoms with Crippen LogP contribution in [0.3, 0.4) is 0 Å². The van der Waals surface area contributed by atoms with Gasteiger partial charge in [0.2, 0.25) is 0 Å². The van der Waals surface area contributed by atoms with Crippen molar-refractivity contribution in [3.05, 3.63) is 59.9 Å². The average molecular weight is 481 g/mol. The highest BCUT2D eigenvalue weighted by Crippen LogP contribution is 2.14. The minimum absolute atomic E-state index is 0.185. The molecule has 35 heavy (non-hydrogen) atoms. The van der Waals surface area contributed by atoms with Gasteiger partial charge in [0, 0.05) is 24.8 Å². The van der Waals surface area contributed by atoms with Gasteiger partial charge < -0.3 is 10.1 Å². The molecule has 0 bridgehead atoms. The Bertz CT molecular complexity index is 761. The molecule has 0 fully saturated rings. The van der Waals surface area contributed by atoms with Crippen LogP contribution >= 0.6 is 0 Å². The van der Waals surface area contributed by atoms with Crippen LogP contribution in [0.15, 0.2) is 48.7 Å². The Morgan fingerprint density at radius 3 is 1.94 bits per heavy atom. The molecule has 0 saturated heterocycles. The first-order valence-corrected chi connectivity index (χ1v) is 14.2. The SMILES string of the molecule is CCCCCCCCCCCCCCCCNc1ccc(CCC(=O)OCc2ccccn2)cc1. The predicted molar refractivity (Wildman–Crippen MR) is 148 cm³/mol. The van der Waals surface area contributed by atoms with Crippen molar-refractivity contribution in [2.45, 2.75) is 116 Å². The second kappa shape index (κ2) is 19.9. The summed E-state index contributed by atoms with van der Waals surface area (Å²) in [7, 11) is 0. The molecule has 1 aromatic carbocycles. The van der Waals surface area contributed by atoms with Crippen LogP contribution in [0.5, 0.6) is 0 Å². The third-order valence-corrected chi connectivity index (χ3v) is 6.54. The number of unbranched alkanes of at least 4 members (excludes halogenated alkanes) is 13. The molecule has 2 aromatic rings. The molecule has 0 unspecified atom stereocenters. The lowest BCUT2D eigenvalue weighted by atomic mass is 10.0. The zero-order valence-corrected chi connectivity index (χ0v) is 22.1. The Kier molecular flexibility index (Phi) is 16.4. The van der Waals surface area contributed by atoms with E-state index in [0.717, 1.165) is 23.5 Å². The molecule has 0 saturated carbocycles. The maximum atomic E-state index is 12.0. The predicted octanol–water partition coefficient (Wildman–Crippen LogP) is 8.65. The minimum Gasteiger partial charge on any atom is -0.459 e. The van der Waals surface area contributed by atoms with Crippen LogP contribution in [0.4, 0.5) is 5.69 Å². The summed E-state index contributed by atoms with van der Waals surface area (Å²) >= 11 is 0. The van der Waals surface area contributed by atoms with Crippen molar-refractivity contribution in [2.75, 3.05) is 11.9 Å². The summed E-state index contributed by atoms with van der Waals surface area (Å²) in [5.41, 5.74) is 3.08. The first kappa shape index (κ1) is 28.9. The molecule has 194 valence electrons. The molecule has 4 nitrogen and oxygen atoms in total. The van der Waals surface area contributed by atoms with Gasteiger partial charge in [-0.05, 0) is 42.7 Å². The Morgan fingerprint density at radius 2 is 1.37 bits per heavy atom. The van der Waals surface area contributed by atoms with Gasteiger partial charge in [0.05, 0.1) is 5.69 Å². The fourth-order valence-corrected chi connectivity index (χ4v) is 4.30. The third kappa shape index (κ3) is 15.3. The Balaban J connectivity index is 1.40. The molecule has 4 heteroatoms. The summed E-state index contributed by atoms with van der Waals surface area (Å²) in [6.07, 6.45) is 22.3. The zero-order chi connectivity index (χ0) is 24.8. The number of carbonyl (C=O) groups excluding carboxylic acids is 1. The van der Waals surface area contributed by atoms with Gasteiger partial charge in [0.1, 0.15) is 6.61 Å². The van der Waals surface area contributed by atoms with Crippen LogP contribution in [0.1, 0.15) is 114 Å². The highest BCUT2D eigenvalue weighted by atomic mass is 16.5. The van der Waals surface area contributed by atoms with Gasteiger partial charge in [-0.15, -0.1) is 0 Å². The number of hydrogen-bond donors (Lipinski definition) is 1. The number of esters is 1. The van der Waals surface area contributed by atoms with Crippen LogP contribution in [-0.2, 0) is 22.6 Å². The van der Waals surface area contributed by atoms with E-state index in [2.05, 4.69) is 41.5 Å². The number of anilines is 1. The van der Waals surface area contributed by atoms with Crippen LogP contribution in [0.2, 0.25) is 0 Å². The number of aryl methyl sites for hydroxylation is 1. The molecule has 0 amide bonds. The Hall–Kier alpha value is -2.36. The molecule has 1 N–H and O–H groups in total. The first-order valence-electron chi connectivity index (χ1n) is 14.2. The number of aromatic nitrogens is 1. The summed E-state index contributed by atoms with van der Waals surface area (Å²) in [5, 5.41) is 3.52. The van der Waals surface area contributed by atoms with E-state index in [1.54, 1.807) is 6.20 Å². The Morgan fingerprint density at radius 1 is 0.771 bits per heavy atom. The lowest BCUT2D eigenvalue weighted by molar-refractivity contribution is -0.145. The summed E-state index contributed by atoms with van der Waals surface area (Å²) in [6, 6.07) is 14.0. The van der Waals surface area contributed by atoms with Crippen molar-refractivity contribution in [1.29, 1.82) is 0 Å². The number of hydrogen-bond acceptors (Lipinski definition) is 4. The first-order chi connectivity index (χ1) is 17.3. The van der Waals surface area contributed by atoms with Crippen molar-refractivity contribution in [2.24, 2.45) is 0 Å². The minimum atomic E-state index is -0.185. The number of carbonyl (C=O) groups is 1.